The molecular formula is C25H34ClN5O2. The first-order valence-electron chi connectivity index (χ1n) is 11.7. The molecule has 0 spiro atoms. The van der Waals surface area contributed by atoms with Crippen molar-refractivity contribution in [2.24, 2.45) is 0 Å². The molecule has 0 bridgehead atoms. The fourth-order valence-corrected chi connectivity index (χ4v) is 4.89. The number of carbonyl (C=O) groups is 1. The highest BCUT2D eigenvalue weighted by Gasteiger charge is 2.35. The SMILES string of the molecule is CC1C[C@@H](O)c2ncnc(N3CCN(C(=O)C(CNC(C)(C)C)c4ccc(Cl)cc4)CC3)c21. The number of rotatable bonds is 5. The summed E-state index contributed by atoms with van der Waals surface area (Å²) in [6, 6.07) is 7.58. The summed E-state index contributed by atoms with van der Waals surface area (Å²) in [5, 5.41) is 14.5. The third-order valence-corrected chi connectivity index (χ3v) is 6.83. The van der Waals surface area contributed by atoms with E-state index < -0.39 is 6.10 Å². The maximum absolute atomic E-state index is 13.6. The highest BCUT2D eigenvalue weighted by Crippen LogP contribution is 2.42. The number of fused-ring (bicyclic) bond motifs is 1. The number of nitrogens with one attached hydrogen (secondary N) is 1. The van der Waals surface area contributed by atoms with Crippen LogP contribution in [-0.2, 0) is 4.79 Å². The van der Waals surface area contributed by atoms with Crippen LogP contribution >= 0.6 is 11.6 Å². The lowest BCUT2D eigenvalue weighted by molar-refractivity contribution is -0.133. The van der Waals surface area contributed by atoms with Gasteiger partial charge >= 0.3 is 0 Å². The Bertz CT molecular complexity index is 983. The van der Waals surface area contributed by atoms with Crippen LogP contribution in [0.25, 0.3) is 0 Å². The van der Waals surface area contributed by atoms with Crippen molar-refractivity contribution in [2.45, 2.75) is 57.6 Å². The summed E-state index contributed by atoms with van der Waals surface area (Å²) < 4.78 is 0. The minimum absolute atomic E-state index is 0.0850. The van der Waals surface area contributed by atoms with E-state index in [9.17, 15) is 9.90 Å². The Balaban J connectivity index is 1.48. The van der Waals surface area contributed by atoms with Crippen LogP contribution in [0.3, 0.4) is 0 Å². The molecule has 2 aromatic rings. The highest BCUT2D eigenvalue weighted by atomic mass is 35.5. The molecule has 4 rings (SSSR count). The maximum atomic E-state index is 13.6. The van der Waals surface area contributed by atoms with Crippen molar-refractivity contribution in [3.05, 3.63) is 52.4 Å². The third kappa shape index (κ3) is 5.31. The molecule has 2 unspecified atom stereocenters. The molecule has 7 nitrogen and oxygen atoms in total. The number of aliphatic hydroxyl groups is 1. The molecule has 178 valence electrons. The number of hydrogen-bond donors (Lipinski definition) is 2. The van der Waals surface area contributed by atoms with Gasteiger partial charge in [-0.2, -0.15) is 0 Å². The van der Waals surface area contributed by atoms with Gasteiger partial charge in [-0.25, -0.2) is 9.97 Å². The van der Waals surface area contributed by atoms with E-state index in [1.54, 1.807) is 6.33 Å². The van der Waals surface area contributed by atoms with Crippen LogP contribution in [0.1, 0.15) is 68.9 Å². The van der Waals surface area contributed by atoms with E-state index in [-0.39, 0.29) is 23.3 Å². The first-order valence-corrected chi connectivity index (χ1v) is 12.1. The van der Waals surface area contributed by atoms with Crippen molar-refractivity contribution in [1.82, 2.24) is 20.2 Å². The molecule has 2 heterocycles. The summed E-state index contributed by atoms with van der Waals surface area (Å²) in [4.78, 5) is 26.7. The quantitative estimate of drug-likeness (QED) is 0.694. The molecule has 2 N–H and O–H groups in total. The summed E-state index contributed by atoms with van der Waals surface area (Å²) >= 11 is 6.09. The predicted octanol–water partition coefficient (Wildman–Crippen LogP) is 3.49. The van der Waals surface area contributed by atoms with Crippen LogP contribution in [0.2, 0.25) is 5.02 Å². The largest absolute Gasteiger partial charge is 0.387 e. The number of carbonyl (C=O) groups excluding carboxylic acids is 1. The monoisotopic (exact) mass is 471 g/mol. The highest BCUT2D eigenvalue weighted by molar-refractivity contribution is 6.30. The topological polar surface area (TPSA) is 81.6 Å². The second kappa shape index (κ2) is 9.57. The fourth-order valence-electron chi connectivity index (χ4n) is 4.76. The van der Waals surface area contributed by atoms with Gasteiger partial charge in [0.25, 0.3) is 0 Å². The lowest BCUT2D eigenvalue weighted by atomic mass is 9.95. The normalized spacial score (nSPS) is 21.8. The van der Waals surface area contributed by atoms with E-state index in [0.717, 1.165) is 22.6 Å². The zero-order valence-corrected chi connectivity index (χ0v) is 20.6. The Morgan fingerprint density at radius 2 is 1.85 bits per heavy atom. The van der Waals surface area contributed by atoms with Gasteiger partial charge in [0.2, 0.25) is 5.91 Å². The van der Waals surface area contributed by atoms with Crippen molar-refractivity contribution in [2.75, 3.05) is 37.6 Å². The maximum Gasteiger partial charge on any atom is 0.231 e. The van der Waals surface area contributed by atoms with Gasteiger partial charge in [-0.15, -0.1) is 0 Å². The Morgan fingerprint density at radius 1 is 1.18 bits per heavy atom. The molecule has 1 aliphatic carbocycles. The first-order chi connectivity index (χ1) is 15.6. The molecule has 0 saturated carbocycles. The van der Waals surface area contributed by atoms with E-state index in [1.807, 2.05) is 29.2 Å². The zero-order valence-electron chi connectivity index (χ0n) is 19.9. The van der Waals surface area contributed by atoms with Crippen LogP contribution in [0.4, 0.5) is 5.82 Å². The fraction of sp³-hybridized carbons (Fsp3) is 0.560. The van der Waals surface area contributed by atoms with Crippen LogP contribution in [-0.4, -0.2) is 64.1 Å². The van der Waals surface area contributed by atoms with Crippen molar-refractivity contribution in [1.29, 1.82) is 0 Å². The second-order valence-corrected chi connectivity index (χ2v) is 10.6. The molecule has 0 radical (unpaired) electrons. The van der Waals surface area contributed by atoms with Gasteiger partial charge in [-0.3, -0.25) is 4.79 Å². The predicted molar refractivity (Wildman–Crippen MR) is 131 cm³/mol. The summed E-state index contributed by atoms with van der Waals surface area (Å²) in [5.41, 5.74) is 2.69. The van der Waals surface area contributed by atoms with E-state index in [2.05, 4.69) is 47.9 Å². The van der Waals surface area contributed by atoms with Crippen LogP contribution in [0.5, 0.6) is 0 Å². The average Bonchev–Trinajstić information content (AvgIpc) is 3.08. The number of piperazine rings is 1. The molecule has 1 saturated heterocycles. The number of benzene rings is 1. The molecule has 3 atom stereocenters. The van der Waals surface area contributed by atoms with Gasteiger partial charge in [0.1, 0.15) is 12.1 Å². The molecule has 2 aliphatic rings. The van der Waals surface area contributed by atoms with Gasteiger partial charge in [0.05, 0.1) is 17.7 Å². The number of hydrogen-bond acceptors (Lipinski definition) is 6. The number of aromatic nitrogens is 2. The van der Waals surface area contributed by atoms with E-state index in [4.69, 9.17) is 11.6 Å². The van der Waals surface area contributed by atoms with E-state index in [0.29, 0.717) is 44.2 Å². The molecule has 33 heavy (non-hydrogen) atoms. The van der Waals surface area contributed by atoms with Gasteiger partial charge < -0.3 is 20.2 Å². The number of aliphatic hydroxyl groups excluding tert-OH is 1. The molecule has 1 aromatic heterocycles. The summed E-state index contributed by atoms with van der Waals surface area (Å²) in [6.45, 7) is 11.7. The van der Waals surface area contributed by atoms with Crippen molar-refractivity contribution < 1.29 is 9.90 Å². The zero-order chi connectivity index (χ0) is 23.8. The van der Waals surface area contributed by atoms with Gasteiger partial charge in [0, 0.05) is 48.8 Å². The Morgan fingerprint density at radius 3 is 2.48 bits per heavy atom. The number of amides is 1. The minimum atomic E-state index is -0.518. The molecule has 1 amide bonds. The van der Waals surface area contributed by atoms with Crippen LogP contribution in [0, 0.1) is 0 Å². The lowest BCUT2D eigenvalue weighted by Gasteiger charge is -2.38. The molecule has 8 heteroatoms. The smallest absolute Gasteiger partial charge is 0.231 e. The third-order valence-electron chi connectivity index (χ3n) is 6.58. The van der Waals surface area contributed by atoms with Crippen molar-refractivity contribution >= 4 is 23.3 Å². The van der Waals surface area contributed by atoms with Gasteiger partial charge in [-0.05, 0) is 50.8 Å². The van der Waals surface area contributed by atoms with Gasteiger partial charge in [0.15, 0.2) is 0 Å². The second-order valence-electron chi connectivity index (χ2n) is 10.2. The van der Waals surface area contributed by atoms with Crippen molar-refractivity contribution in [3.8, 4) is 0 Å². The first kappa shape index (κ1) is 23.9. The van der Waals surface area contributed by atoms with E-state index in [1.165, 1.54) is 0 Å². The summed E-state index contributed by atoms with van der Waals surface area (Å²) in [7, 11) is 0. The summed E-state index contributed by atoms with van der Waals surface area (Å²) in [6.07, 6.45) is 1.71. The molecule has 1 aromatic carbocycles. The van der Waals surface area contributed by atoms with Crippen LogP contribution in [0.15, 0.2) is 30.6 Å². The van der Waals surface area contributed by atoms with Crippen LogP contribution < -0.4 is 10.2 Å². The van der Waals surface area contributed by atoms with E-state index >= 15 is 0 Å². The van der Waals surface area contributed by atoms with Gasteiger partial charge in [-0.1, -0.05) is 30.7 Å². The van der Waals surface area contributed by atoms with Crippen molar-refractivity contribution in [3.63, 3.8) is 0 Å². The molecule has 1 aliphatic heterocycles. The Labute approximate surface area is 201 Å². The Kier molecular flexibility index (Phi) is 6.93. The lowest BCUT2D eigenvalue weighted by Crippen LogP contribution is -2.52. The number of nitrogens with zero attached hydrogens (tertiary/aromatic N) is 4. The summed E-state index contributed by atoms with van der Waals surface area (Å²) in [5.74, 6) is 0.986. The molecule has 1 fully saturated rings. The number of anilines is 1. The minimum Gasteiger partial charge on any atom is -0.387 e. The number of halogens is 1. The molecular weight excluding hydrogens is 438 g/mol. The average molecular weight is 472 g/mol. The standard InChI is InChI=1S/C25H34ClN5O2/c1-16-13-20(32)22-21(16)23(28-15-27-22)30-9-11-31(12-10-30)24(33)19(14-29-25(2,3)4)17-5-7-18(26)8-6-17/h5-8,15-16,19-20,29,32H,9-14H2,1-4H3/t16?,19?,20-/m1/s1. The Hall–Kier alpha value is -2.22.